The van der Waals surface area contributed by atoms with Crippen LogP contribution in [0.15, 0.2) is 48.5 Å². The highest BCUT2D eigenvalue weighted by atomic mass is 16.5. The Bertz CT molecular complexity index is 658. The molecule has 4 nitrogen and oxygen atoms in total. The molecule has 2 aromatic rings. The summed E-state index contributed by atoms with van der Waals surface area (Å²) in [7, 11) is 0. The number of hydrogen-bond acceptors (Lipinski definition) is 4. The van der Waals surface area contributed by atoms with Crippen molar-refractivity contribution in [3.05, 3.63) is 70.8 Å². The molecular weight excluding hydrogens is 326 g/mol. The first-order valence-electron chi connectivity index (χ1n) is 9.18. The van der Waals surface area contributed by atoms with E-state index in [1.54, 1.807) is 24.3 Å². The van der Waals surface area contributed by atoms with Crippen molar-refractivity contribution in [2.24, 2.45) is 0 Å². The number of esters is 1. The zero-order valence-electron chi connectivity index (χ0n) is 16.2. The number of rotatable bonds is 8. The number of likely N-dealkylation sites (N-methyl/N-ethyl adjacent to an activating group) is 1. The molecule has 0 radical (unpaired) electrons. The minimum atomic E-state index is -1.81. The second kappa shape index (κ2) is 8.97. The Hall–Kier alpha value is -2.17. The maximum Gasteiger partial charge on any atom is 0.347 e. The highest BCUT2D eigenvalue weighted by Gasteiger charge is 2.41. The first-order valence-corrected chi connectivity index (χ1v) is 9.18. The van der Waals surface area contributed by atoms with E-state index in [2.05, 4.69) is 18.7 Å². The van der Waals surface area contributed by atoms with Gasteiger partial charge in [-0.25, -0.2) is 4.79 Å². The minimum Gasteiger partial charge on any atom is -0.462 e. The number of aryl methyl sites for hydroxylation is 2. The van der Waals surface area contributed by atoms with Gasteiger partial charge < -0.3 is 14.7 Å². The number of ether oxygens (including phenoxy) is 1. The molecule has 0 saturated heterocycles. The monoisotopic (exact) mass is 355 g/mol. The number of aliphatic hydroxyl groups is 1. The zero-order chi connectivity index (χ0) is 19.2. The molecule has 4 heteroatoms. The van der Waals surface area contributed by atoms with Gasteiger partial charge in [-0.05, 0) is 38.1 Å². The fourth-order valence-corrected chi connectivity index (χ4v) is 2.90. The second-order valence-corrected chi connectivity index (χ2v) is 6.61. The molecule has 0 aliphatic rings. The van der Waals surface area contributed by atoms with Crippen molar-refractivity contribution in [1.82, 2.24) is 4.90 Å². The molecule has 0 bridgehead atoms. The molecule has 0 aromatic heterocycles. The third-order valence-electron chi connectivity index (χ3n) is 4.77. The number of hydrogen-bond donors (Lipinski definition) is 1. The summed E-state index contributed by atoms with van der Waals surface area (Å²) in [5.41, 5.74) is 1.34. The van der Waals surface area contributed by atoms with Crippen molar-refractivity contribution in [3.8, 4) is 0 Å². The predicted molar refractivity (Wildman–Crippen MR) is 104 cm³/mol. The maximum atomic E-state index is 12.9. The lowest BCUT2D eigenvalue weighted by molar-refractivity contribution is -0.162. The molecule has 0 aliphatic carbocycles. The SMILES string of the molecule is CCN(CC)CCOC(=O)C(O)(c1ccc(C)cc1)c1ccc(C)cc1. The Morgan fingerprint density at radius 1 is 0.923 bits per heavy atom. The molecule has 1 N–H and O–H groups in total. The van der Waals surface area contributed by atoms with Gasteiger partial charge in [0, 0.05) is 6.54 Å². The lowest BCUT2D eigenvalue weighted by Crippen LogP contribution is -2.40. The Balaban J connectivity index is 2.29. The number of carbonyl (C=O) groups excluding carboxylic acids is 1. The topological polar surface area (TPSA) is 49.8 Å². The zero-order valence-corrected chi connectivity index (χ0v) is 16.2. The van der Waals surface area contributed by atoms with Gasteiger partial charge in [-0.15, -0.1) is 0 Å². The van der Waals surface area contributed by atoms with Crippen LogP contribution in [0.4, 0.5) is 0 Å². The Kier molecular flexibility index (Phi) is 6.95. The average molecular weight is 355 g/mol. The predicted octanol–water partition coefficient (Wildman–Crippen LogP) is 3.42. The van der Waals surface area contributed by atoms with E-state index in [0.29, 0.717) is 17.7 Å². The van der Waals surface area contributed by atoms with Gasteiger partial charge in [0.2, 0.25) is 5.60 Å². The first-order chi connectivity index (χ1) is 12.4. The van der Waals surface area contributed by atoms with E-state index in [1.165, 1.54) is 0 Å². The smallest absolute Gasteiger partial charge is 0.347 e. The van der Waals surface area contributed by atoms with Gasteiger partial charge in [0.15, 0.2) is 0 Å². The molecule has 0 amide bonds. The molecule has 0 saturated carbocycles. The molecular formula is C22H29NO3. The van der Waals surface area contributed by atoms with Crippen molar-refractivity contribution in [3.63, 3.8) is 0 Å². The molecule has 0 atom stereocenters. The summed E-state index contributed by atoms with van der Waals surface area (Å²) in [6, 6.07) is 14.7. The normalized spacial score (nSPS) is 11.6. The fraction of sp³-hybridized carbons (Fsp3) is 0.409. The van der Waals surface area contributed by atoms with Crippen molar-refractivity contribution in [2.75, 3.05) is 26.2 Å². The van der Waals surface area contributed by atoms with Crippen molar-refractivity contribution in [1.29, 1.82) is 0 Å². The highest BCUT2D eigenvalue weighted by molar-refractivity contribution is 5.85. The summed E-state index contributed by atoms with van der Waals surface area (Å²) in [5, 5.41) is 11.4. The first kappa shape index (κ1) is 20.1. The van der Waals surface area contributed by atoms with Gasteiger partial charge in [-0.2, -0.15) is 0 Å². The third-order valence-corrected chi connectivity index (χ3v) is 4.77. The molecule has 0 heterocycles. The fourth-order valence-electron chi connectivity index (χ4n) is 2.90. The molecule has 2 aromatic carbocycles. The van der Waals surface area contributed by atoms with Crippen LogP contribution < -0.4 is 0 Å². The number of carbonyl (C=O) groups is 1. The lowest BCUT2D eigenvalue weighted by atomic mass is 9.85. The van der Waals surface area contributed by atoms with Gasteiger partial charge in [-0.3, -0.25) is 0 Å². The van der Waals surface area contributed by atoms with Gasteiger partial charge >= 0.3 is 5.97 Å². The quantitative estimate of drug-likeness (QED) is 0.737. The van der Waals surface area contributed by atoms with Crippen LogP contribution in [0.25, 0.3) is 0 Å². The van der Waals surface area contributed by atoms with Crippen LogP contribution in [-0.2, 0) is 15.1 Å². The molecule has 0 aliphatic heterocycles. The maximum absolute atomic E-state index is 12.9. The molecule has 0 spiro atoms. The van der Waals surface area contributed by atoms with Gasteiger partial charge in [-0.1, -0.05) is 73.5 Å². The van der Waals surface area contributed by atoms with E-state index in [0.717, 1.165) is 24.2 Å². The number of benzene rings is 2. The van der Waals surface area contributed by atoms with E-state index in [-0.39, 0.29) is 6.61 Å². The molecule has 0 unspecified atom stereocenters. The third kappa shape index (κ3) is 4.51. The summed E-state index contributed by atoms with van der Waals surface area (Å²) in [6.07, 6.45) is 0. The summed E-state index contributed by atoms with van der Waals surface area (Å²) in [5.74, 6) is -0.641. The van der Waals surface area contributed by atoms with Crippen LogP contribution in [0, 0.1) is 13.8 Å². The van der Waals surface area contributed by atoms with E-state index < -0.39 is 11.6 Å². The van der Waals surface area contributed by atoms with Crippen LogP contribution in [0.1, 0.15) is 36.1 Å². The minimum absolute atomic E-state index is 0.251. The largest absolute Gasteiger partial charge is 0.462 e. The lowest BCUT2D eigenvalue weighted by Gasteiger charge is -2.28. The molecule has 0 fully saturated rings. The standard InChI is InChI=1S/C22H29NO3/c1-5-23(6-2)15-16-26-21(24)22(25,19-11-7-17(3)8-12-19)20-13-9-18(4)10-14-20/h7-14,25H,5-6,15-16H2,1-4H3. The Labute approximate surface area is 156 Å². The van der Waals surface area contributed by atoms with Crippen LogP contribution in [0.5, 0.6) is 0 Å². The second-order valence-electron chi connectivity index (χ2n) is 6.61. The molecule has 140 valence electrons. The number of nitrogens with zero attached hydrogens (tertiary/aromatic N) is 1. The van der Waals surface area contributed by atoms with E-state index in [4.69, 9.17) is 4.74 Å². The van der Waals surface area contributed by atoms with Crippen LogP contribution in [0.3, 0.4) is 0 Å². The average Bonchev–Trinajstić information content (AvgIpc) is 2.65. The van der Waals surface area contributed by atoms with Crippen LogP contribution >= 0.6 is 0 Å². The van der Waals surface area contributed by atoms with Crippen molar-refractivity contribution >= 4 is 5.97 Å². The summed E-state index contributed by atoms with van der Waals surface area (Å²) < 4.78 is 5.48. The Morgan fingerprint density at radius 3 is 1.73 bits per heavy atom. The van der Waals surface area contributed by atoms with Gasteiger partial charge in [0.25, 0.3) is 0 Å². The van der Waals surface area contributed by atoms with E-state index >= 15 is 0 Å². The summed E-state index contributed by atoms with van der Waals surface area (Å²) in [6.45, 7) is 10.8. The van der Waals surface area contributed by atoms with E-state index in [1.807, 2.05) is 38.1 Å². The van der Waals surface area contributed by atoms with Gasteiger partial charge in [0.1, 0.15) is 6.61 Å². The highest BCUT2D eigenvalue weighted by Crippen LogP contribution is 2.31. The van der Waals surface area contributed by atoms with E-state index in [9.17, 15) is 9.90 Å². The molecule has 26 heavy (non-hydrogen) atoms. The molecule has 2 rings (SSSR count). The van der Waals surface area contributed by atoms with Crippen LogP contribution in [0.2, 0.25) is 0 Å². The summed E-state index contributed by atoms with van der Waals surface area (Å²) >= 11 is 0. The van der Waals surface area contributed by atoms with Gasteiger partial charge in [0.05, 0.1) is 0 Å². The van der Waals surface area contributed by atoms with Crippen LogP contribution in [-0.4, -0.2) is 42.2 Å². The van der Waals surface area contributed by atoms with Crippen molar-refractivity contribution < 1.29 is 14.6 Å². The Morgan fingerprint density at radius 2 is 1.35 bits per heavy atom. The summed E-state index contributed by atoms with van der Waals surface area (Å²) in [4.78, 5) is 15.1. The van der Waals surface area contributed by atoms with Crippen molar-refractivity contribution in [2.45, 2.75) is 33.3 Å².